The van der Waals surface area contributed by atoms with Crippen molar-refractivity contribution < 1.29 is 0 Å². The molecule has 0 amide bonds. The summed E-state index contributed by atoms with van der Waals surface area (Å²) in [6.07, 6.45) is 3.05. The summed E-state index contributed by atoms with van der Waals surface area (Å²) < 4.78 is 1.38. The summed E-state index contributed by atoms with van der Waals surface area (Å²) in [5.74, 6) is 0. The lowest BCUT2D eigenvalue weighted by Crippen LogP contribution is -2.22. The van der Waals surface area contributed by atoms with Gasteiger partial charge in [-0.25, -0.2) is 4.98 Å². The summed E-state index contributed by atoms with van der Waals surface area (Å²) in [6.45, 7) is 3.92. The van der Waals surface area contributed by atoms with Gasteiger partial charge in [0, 0.05) is 6.54 Å². The van der Waals surface area contributed by atoms with Crippen molar-refractivity contribution in [2.24, 2.45) is 0 Å². The van der Waals surface area contributed by atoms with Crippen molar-refractivity contribution in [2.75, 3.05) is 0 Å². The minimum absolute atomic E-state index is 0.186. The van der Waals surface area contributed by atoms with Crippen LogP contribution in [0.25, 0.3) is 11.0 Å². The molecule has 0 saturated heterocycles. The molecule has 0 spiro atoms. The molecule has 0 aliphatic heterocycles. The van der Waals surface area contributed by atoms with Crippen LogP contribution in [0.4, 0.5) is 0 Å². The van der Waals surface area contributed by atoms with E-state index >= 15 is 0 Å². The van der Waals surface area contributed by atoms with E-state index < -0.39 is 0 Å². The molecular formula is C8H7N4OS-. The fourth-order valence-electron chi connectivity index (χ4n) is 1.20. The molecule has 0 atom stereocenters. The third kappa shape index (κ3) is 1.20. The highest BCUT2D eigenvalue weighted by atomic mass is 32.1. The highest BCUT2D eigenvalue weighted by Crippen LogP contribution is 2.03. The van der Waals surface area contributed by atoms with Gasteiger partial charge in [-0.3, -0.25) is 9.89 Å². The minimum atomic E-state index is -0.186. The fraction of sp³-hybridized carbons (Fsp3) is 0.125. The highest BCUT2D eigenvalue weighted by molar-refractivity contribution is 7.58. The zero-order chi connectivity index (χ0) is 10.1. The van der Waals surface area contributed by atoms with Gasteiger partial charge < -0.3 is 17.2 Å². The second kappa shape index (κ2) is 3.22. The van der Waals surface area contributed by atoms with Crippen LogP contribution in [0.3, 0.4) is 0 Å². The normalized spacial score (nSPS) is 10.6. The van der Waals surface area contributed by atoms with Crippen molar-refractivity contribution >= 4 is 23.7 Å². The van der Waals surface area contributed by atoms with Crippen molar-refractivity contribution in [3.05, 3.63) is 29.2 Å². The number of fused-ring (bicyclic) bond motifs is 1. The molecule has 2 rings (SSSR count). The molecule has 2 aromatic rings. The molecule has 0 fully saturated rings. The van der Waals surface area contributed by atoms with E-state index in [2.05, 4.69) is 21.8 Å². The van der Waals surface area contributed by atoms with Crippen molar-refractivity contribution in [3.8, 4) is 0 Å². The van der Waals surface area contributed by atoms with Gasteiger partial charge in [0.15, 0.2) is 5.65 Å². The summed E-state index contributed by atoms with van der Waals surface area (Å²) in [7, 11) is 0. The van der Waals surface area contributed by atoms with Gasteiger partial charge in [-0.1, -0.05) is 6.08 Å². The van der Waals surface area contributed by atoms with Gasteiger partial charge in [0.25, 0.3) is 5.56 Å². The summed E-state index contributed by atoms with van der Waals surface area (Å²) in [6, 6.07) is 0. The van der Waals surface area contributed by atoms with Gasteiger partial charge in [-0.2, -0.15) is 5.10 Å². The number of allylic oxidation sites excluding steroid dienone is 1. The fourth-order valence-corrected chi connectivity index (χ4v) is 1.45. The van der Waals surface area contributed by atoms with Crippen LogP contribution in [-0.2, 0) is 19.2 Å². The van der Waals surface area contributed by atoms with Gasteiger partial charge in [0.2, 0.25) is 0 Å². The van der Waals surface area contributed by atoms with Gasteiger partial charge >= 0.3 is 0 Å². The van der Waals surface area contributed by atoms with E-state index in [4.69, 9.17) is 12.6 Å². The first-order valence-corrected chi connectivity index (χ1v) is 4.36. The smallest absolute Gasteiger partial charge is 0.263 e. The molecule has 5 nitrogen and oxygen atoms in total. The molecule has 6 heteroatoms. The zero-order valence-corrected chi connectivity index (χ0v) is 8.04. The molecule has 2 heterocycles. The summed E-state index contributed by atoms with van der Waals surface area (Å²) in [5.41, 5.74) is 0.244. The van der Waals surface area contributed by atoms with Crippen LogP contribution in [0.1, 0.15) is 0 Å². The number of hydrogen-bond acceptors (Lipinski definition) is 4. The topological polar surface area (TPSA) is 63.6 Å². The quantitative estimate of drug-likeness (QED) is 0.434. The molecule has 0 aliphatic rings. The van der Waals surface area contributed by atoms with E-state index in [1.54, 1.807) is 6.08 Å². The van der Waals surface area contributed by atoms with Gasteiger partial charge in [-0.05, 0) is 5.16 Å². The lowest BCUT2D eigenvalue weighted by Gasteiger charge is -2.13. The molecule has 72 valence electrons. The molecule has 2 aromatic heterocycles. The molecule has 0 aromatic carbocycles. The standard InChI is InChI=1S/C8H8N4OS/c1-2-3-12-7(13)5-4-9-11-6(5)10-8(12)14/h2,4H,1,3H2,(H2,9,10,11,14)/p-1. The van der Waals surface area contributed by atoms with E-state index in [1.807, 2.05) is 0 Å². The number of nitrogens with one attached hydrogen (secondary N) is 1. The maximum absolute atomic E-state index is 11.7. The largest absolute Gasteiger partial charge is 0.742 e. The monoisotopic (exact) mass is 207 g/mol. The number of aromatic nitrogens is 4. The first-order valence-electron chi connectivity index (χ1n) is 3.96. The number of rotatable bonds is 2. The SMILES string of the molecule is C=CCn1c([S-])nc2[nH]ncc2c1=O. The number of H-pyrrole nitrogens is 1. The second-order valence-electron chi connectivity index (χ2n) is 2.73. The molecule has 0 radical (unpaired) electrons. The molecule has 1 N–H and O–H groups in total. The Labute approximate surface area is 84.9 Å². The van der Waals surface area contributed by atoms with Crippen LogP contribution >= 0.6 is 0 Å². The maximum Gasteiger partial charge on any atom is 0.263 e. The van der Waals surface area contributed by atoms with Crippen LogP contribution in [0, 0.1) is 0 Å². The lowest BCUT2D eigenvalue weighted by atomic mass is 10.4. The van der Waals surface area contributed by atoms with Crippen molar-refractivity contribution in [1.82, 2.24) is 19.7 Å². The van der Waals surface area contributed by atoms with Crippen molar-refractivity contribution in [1.29, 1.82) is 0 Å². The first kappa shape index (κ1) is 8.89. The Kier molecular flexibility index (Phi) is 2.05. The average molecular weight is 207 g/mol. The Morgan fingerprint density at radius 2 is 2.50 bits per heavy atom. The minimum Gasteiger partial charge on any atom is -0.742 e. The summed E-state index contributed by atoms with van der Waals surface area (Å²) in [5, 5.41) is 7.02. The second-order valence-corrected chi connectivity index (χ2v) is 3.10. The zero-order valence-electron chi connectivity index (χ0n) is 7.23. The predicted octanol–water partition coefficient (Wildman–Crippen LogP) is 0.211. The Bertz CT molecular complexity index is 542. The Hall–Kier alpha value is -1.69. The van der Waals surface area contributed by atoms with Crippen LogP contribution < -0.4 is 5.56 Å². The molecule has 0 bridgehead atoms. The molecular weight excluding hydrogens is 200 g/mol. The number of nitrogens with zero attached hydrogens (tertiary/aromatic N) is 3. The maximum atomic E-state index is 11.7. The van der Waals surface area contributed by atoms with E-state index in [0.717, 1.165) is 0 Å². The summed E-state index contributed by atoms with van der Waals surface area (Å²) in [4.78, 5) is 15.8. The summed E-state index contributed by atoms with van der Waals surface area (Å²) >= 11 is 4.95. The van der Waals surface area contributed by atoms with E-state index in [9.17, 15) is 4.79 Å². The number of hydrogen-bond donors (Lipinski definition) is 1. The van der Waals surface area contributed by atoms with E-state index in [0.29, 0.717) is 17.6 Å². The van der Waals surface area contributed by atoms with Gasteiger partial charge in [-0.15, -0.1) is 6.58 Å². The third-order valence-corrected chi connectivity index (χ3v) is 2.16. The van der Waals surface area contributed by atoms with Crippen LogP contribution in [0.5, 0.6) is 0 Å². The Balaban J connectivity index is 2.82. The average Bonchev–Trinajstić information content (AvgIpc) is 2.60. The highest BCUT2D eigenvalue weighted by Gasteiger charge is 2.04. The van der Waals surface area contributed by atoms with Gasteiger partial charge in [0.05, 0.1) is 6.20 Å². The Morgan fingerprint density at radius 3 is 3.21 bits per heavy atom. The third-order valence-electron chi connectivity index (χ3n) is 1.84. The van der Waals surface area contributed by atoms with Crippen molar-refractivity contribution in [2.45, 2.75) is 11.7 Å². The number of aromatic amines is 1. The van der Waals surface area contributed by atoms with Crippen LogP contribution in [0.15, 0.2) is 28.8 Å². The molecule has 0 aliphatic carbocycles. The molecule has 14 heavy (non-hydrogen) atoms. The molecule has 0 unspecified atom stereocenters. The first-order chi connectivity index (χ1) is 6.74. The van der Waals surface area contributed by atoms with Gasteiger partial charge in [0.1, 0.15) is 5.39 Å². The predicted molar refractivity (Wildman–Crippen MR) is 54.0 cm³/mol. The van der Waals surface area contributed by atoms with Crippen LogP contribution in [-0.4, -0.2) is 19.7 Å². The van der Waals surface area contributed by atoms with E-state index in [-0.39, 0.29) is 10.7 Å². The lowest BCUT2D eigenvalue weighted by molar-refractivity contribution is 0.672. The Morgan fingerprint density at radius 1 is 1.71 bits per heavy atom. The van der Waals surface area contributed by atoms with Crippen molar-refractivity contribution in [3.63, 3.8) is 0 Å². The van der Waals surface area contributed by atoms with E-state index in [1.165, 1.54) is 10.8 Å². The van der Waals surface area contributed by atoms with Crippen LogP contribution in [0.2, 0.25) is 0 Å². The molecule has 0 saturated carbocycles.